The molecule has 11 nitrogen and oxygen atoms in total. The third-order valence-corrected chi connectivity index (χ3v) is 7.11. The number of benzene rings is 3. The number of aromatic nitrogens is 2. The Labute approximate surface area is 238 Å². The topological polar surface area (TPSA) is 135 Å². The van der Waals surface area contributed by atoms with E-state index in [0.29, 0.717) is 33.7 Å². The molecule has 0 fully saturated rings. The Hall–Kier alpha value is -4.84. The fourth-order valence-corrected chi connectivity index (χ4v) is 4.95. The number of carbonyl (C=O) groups excluding carboxylic acids is 3. The van der Waals surface area contributed by atoms with Gasteiger partial charge in [-0.2, -0.15) is 0 Å². The molecule has 12 heteroatoms. The van der Waals surface area contributed by atoms with Crippen LogP contribution in [0.15, 0.2) is 70.6 Å². The molecule has 1 aromatic heterocycles. The van der Waals surface area contributed by atoms with Crippen LogP contribution in [0.2, 0.25) is 0 Å². The van der Waals surface area contributed by atoms with Crippen LogP contribution in [0, 0.1) is 0 Å². The van der Waals surface area contributed by atoms with Gasteiger partial charge in [0.05, 0.1) is 48.0 Å². The number of amides is 1. The predicted molar refractivity (Wildman–Crippen MR) is 151 cm³/mol. The van der Waals surface area contributed by atoms with Crippen LogP contribution in [0.1, 0.15) is 33.2 Å². The highest BCUT2D eigenvalue weighted by molar-refractivity contribution is 7.99. The Morgan fingerprint density at radius 3 is 2.49 bits per heavy atom. The number of hydrogen-bond acceptors (Lipinski definition) is 10. The van der Waals surface area contributed by atoms with E-state index in [1.807, 2.05) is 6.07 Å². The first-order valence-corrected chi connectivity index (χ1v) is 13.6. The second-order valence-corrected chi connectivity index (χ2v) is 9.77. The summed E-state index contributed by atoms with van der Waals surface area (Å²) in [4.78, 5) is 55.0. The molecule has 0 bridgehead atoms. The summed E-state index contributed by atoms with van der Waals surface area (Å²) in [7, 11) is 1.27. The minimum absolute atomic E-state index is 0.0601. The summed E-state index contributed by atoms with van der Waals surface area (Å²) in [6, 6.07) is 16.3. The molecule has 210 valence electrons. The van der Waals surface area contributed by atoms with Gasteiger partial charge >= 0.3 is 11.9 Å². The van der Waals surface area contributed by atoms with Crippen LogP contribution in [0.3, 0.4) is 0 Å². The van der Waals surface area contributed by atoms with Crippen molar-refractivity contribution in [3.05, 3.63) is 87.7 Å². The molecule has 0 unspecified atom stereocenters. The molecule has 0 radical (unpaired) electrons. The van der Waals surface area contributed by atoms with Crippen LogP contribution < -0.4 is 20.3 Å². The van der Waals surface area contributed by atoms with Gasteiger partial charge in [0.25, 0.3) is 5.56 Å². The van der Waals surface area contributed by atoms with E-state index in [2.05, 4.69) is 10.3 Å². The molecule has 1 amide bonds. The highest BCUT2D eigenvalue weighted by Crippen LogP contribution is 2.33. The molecule has 0 atom stereocenters. The van der Waals surface area contributed by atoms with Gasteiger partial charge in [-0.1, -0.05) is 17.8 Å². The van der Waals surface area contributed by atoms with Gasteiger partial charge in [0.15, 0.2) is 16.7 Å². The minimum Gasteiger partial charge on any atom is -0.465 e. The predicted octanol–water partition coefficient (Wildman–Crippen LogP) is 3.87. The van der Waals surface area contributed by atoms with Crippen molar-refractivity contribution in [2.24, 2.45) is 0 Å². The number of ether oxygens (including phenoxy) is 4. The molecule has 2 heterocycles. The van der Waals surface area contributed by atoms with Gasteiger partial charge in [0, 0.05) is 5.69 Å². The van der Waals surface area contributed by atoms with Crippen LogP contribution >= 0.6 is 11.8 Å². The van der Waals surface area contributed by atoms with Crippen LogP contribution in [0.5, 0.6) is 11.5 Å². The second-order valence-electron chi connectivity index (χ2n) is 8.83. The third kappa shape index (κ3) is 6.17. The molecule has 1 aliphatic rings. The Morgan fingerprint density at radius 2 is 1.73 bits per heavy atom. The van der Waals surface area contributed by atoms with Gasteiger partial charge in [-0.15, -0.1) is 0 Å². The number of rotatable bonds is 9. The zero-order chi connectivity index (χ0) is 28.9. The van der Waals surface area contributed by atoms with Gasteiger partial charge in [0.2, 0.25) is 12.7 Å². The molecular weight excluding hydrogens is 550 g/mol. The number of thioether (sulfide) groups is 1. The van der Waals surface area contributed by atoms with E-state index in [1.54, 1.807) is 43.3 Å². The number of anilines is 1. The average Bonchev–Trinajstić information content (AvgIpc) is 3.45. The van der Waals surface area contributed by atoms with Gasteiger partial charge in [-0.3, -0.25) is 14.2 Å². The quantitative estimate of drug-likeness (QED) is 0.178. The minimum atomic E-state index is -0.555. The molecular formula is C29H25N3O8S. The lowest BCUT2D eigenvalue weighted by Gasteiger charge is -2.14. The molecule has 41 heavy (non-hydrogen) atoms. The van der Waals surface area contributed by atoms with Crippen LogP contribution in [0.25, 0.3) is 10.9 Å². The Morgan fingerprint density at radius 1 is 0.976 bits per heavy atom. The maximum absolute atomic E-state index is 13.6. The number of methoxy groups -OCH3 is 1. The van der Waals surface area contributed by atoms with Crippen LogP contribution in [0.4, 0.5) is 5.69 Å². The van der Waals surface area contributed by atoms with Crippen molar-refractivity contribution in [1.29, 1.82) is 0 Å². The average molecular weight is 576 g/mol. The van der Waals surface area contributed by atoms with Gasteiger partial charge in [-0.05, 0) is 67.1 Å². The molecule has 0 spiro atoms. The molecule has 3 aromatic carbocycles. The first kappa shape index (κ1) is 27.7. The van der Waals surface area contributed by atoms with Crippen LogP contribution in [-0.4, -0.2) is 53.7 Å². The maximum Gasteiger partial charge on any atom is 0.338 e. The summed E-state index contributed by atoms with van der Waals surface area (Å²) >= 11 is 1.08. The SMILES string of the molecule is CCOC(=O)c1ccc(NC(=O)CSc2nc3cc(C(=O)OC)ccc3c(=O)n2Cc2ccc3c(c2)OCO3)cc1. The van der Waals surface area contributed by atoms with E-state index in [-0.39, 0.29) is 47.9 Å². The summed E-state index contributed by atoms with van der Waals surface area (Å²) in [5.74, 6) is -0.203. The van der Waals surface area contributed by atoms with E-state index >= 15 is 0 Å². The third-order valence-electron chi connectivity index (χ3n) is 6.13. The monoisotopic (exact) mass is 575 g/mol. The summed E-state index contributed by atoms with van der Waals surface area (Å²) in [6.07, 6.45) is 0. The maximum atomic E-state index is 13.6. The van der Waals surface area contributed by atoms with E-state index < -0.39 is 11.9 Å². The second kappa shape index (κ2) is 12.1. The lowest BCUT2D eigenvalue weighted by Crippen LogP contribution is -2.25. The summed E-state index contributed by atoms with van der Waals surface area (Å²) in [5.41, 5.74) is 1.87. The highest BCUT2D eigenvalue weighted by Gasteiger charge is 2.18. The fourth-order valence-electron chi connectivity index (χ4n) is 4.15. The van der Waals surface area contributed by atoms with Crippen molar-refractivity contribution in [1.82, 2.24) is 9.55 Å². The normalized spacial score (nSPS) is 11.8. The van der Waals surface area contributed by atoms with Crippen molar-refractivity contribution in [3.8, 4) is 11.5 Å². The molecule has 5 rings (SSSR count). The van der Waals surface area contributed by atoms with Crippen molar-refractivity contribution in [3.63, 3.8) is 0 Å². The van der Waals surface area contributed by atoms with Crippen molar-refractivity contribution >= 4 is 46.2 Å². The van der Waals surface area contributed by atoms with Gasteiger partial charge in [0.1, 0.15) is 0 Å². The highest BCUT2D eigenvalue weighted by atomic mass is 32.2. The number of hydrogen-bond donors (Lipinski definition) is 1. The molecule has 1 aliphatic heterocycles. The number of nitrogens with one attached hydrogen (secondary N) is 1. The zero-order valence-corrected chi connectivity index (χ0v) is 23.0. The molecule has 0 aliphatic carbocycles. The van der Waals surface area contributed by atoms with E-state index in [9.17, 15) is 19.2 Å². The van der Waals surface area contributed by atoms with E-state index in [1.165, 1.54) is 29.9 Å². The molecule has 0 saturated heterocycles. The van der Waals surface area contributed by atoms with Gasteiger partial charge < -0.3 is 24.3 Å². The summed E-state index contributed by atoms with van der Waals surface area (Å²) in [5, 5.41) is 3.37. The largest absolute Gasteiger partial charge is 0.465 e. The summed E-state index contributed by atoms with van der Waals surface area (Å²) in [6.45, 7) is 2.28. The van der Waals surface area contributed by atoms with Gasteiger partial charge in [-0.25, -0.2) is 14.6 Å². The van der Waals surface area contributed by atoms with Crippen LogP contribution in [-0.2, 0) is 20.8 Å². The molecule has 4 aromatic rings. The molecule has 0 saturated carbocycles. The van der Waals surface area contributed by atoms with E-state index in [0.717, 1.165) is 17.3 Å². The Bertz CT molecular complexity index is 1700. The first-order valence-electron chi connectivity index (χ1n) is 12.6. The van der Waals surface area contributed by atoms with Crippen molar-refractivity contribution in [2.45, 2.75) is 18.6 Å². The number of fused-ring (bicyclic) bond motifs is 2. The standard InChI is InChI=1S/C29H25N3O8S/c1-3-38-28(36)18-5-8-20(9-6-18)30-25(33)15-41-29-31-22-13-19(27(35)37-2)7-10-21(22)26(34)32(29)14-17-4-11-23-24(12-17)40-16-39-23/h4-13H,3,14-16H2,1-2H3,(H,30,33). The number of esters is 2. The fraction of sp³-hybridized carbons (Fsp3) is 0.207. The molecule has 1 N–H and O–H groups in total. The first-order chi connectivity index (χ1) is 19.9. The smallest absolute Gasteiger partial charge is 0.338 e. The summed E-state index contributed by atoms with van der Waals surface area (Å²) < 4.78 is 22.1. The zero-order valence-electron chi connectivity index (χ0n) is 22.2. The number of carbonyl (C=O) groups is 3. The Kier molecular flexibility index (Phi) is 8.20. The lowest BCUT2D eigenvalue weighted by atomic mass is 10.1. The lowest BCUT2D eigenvalue weighted by molar-refractivity contribution is -0.113. The number of nitrogens with zero attached hydrogens (tertiary/aromatic N) is 2. The van der Waals surface area contributed by atoms with E-state index in [4.69, 9.17) is 18.9 Å². The Balaban J connectivity index is 1.40. The van der Waals surface area contributed by atoms with Crippen molar-refractivity contribution in [2.75, 3.05) is 31.6 Å². The van der Waals surface area contributed by atoms with Crippen molar-refractivity contribution < 1.29 is 33.3 Å².